The van der Waals surface area contributed by atoms with Gasteiger partial charge in [0.1, 0.15) is 0 Å². The third kappa shape index (κ3) is 4.44. The van der Waals surface area contributed by atoms with E-state index in [1.807, 2.05) is 47.3 Å². The Morgan fingerprint density at radius 2 is 1.63 bits per heavy atom. The first kappa shape index (κ1) is 18.0. The highest BCUT2D eigenvalue weighted by molar-refractivity contribution is 5.96. The molecule has 0 fully saturated rings. The molecule has 1 heterocycles. The summed E-state index contributed by atoms with van der Waals surface area (Å²) in [5.74, 6) is 5.44. The van der Waals surface area contributed by atoms with E-state index in [9.17, 15) is 9.59 Å². The summed E-state index contributed by atoms with van der Waals surface area (Å²) in [6.07, 6.45) is 3.89. The highest BCUT2D eigenvalue weighted by Crippen LogP contribution is 2.10. The lowest BCUT2D eigenvalue weighted by Crippen LogP contribution is -2.23. The third-order valence-electron chi connectivity index (χ3n) is 3.99. The number of aromatic nitrogens is 1. The Balaban J connectivity index is 1.61. The van der Waals surface area contributed by atoms with Gasteiger partial charge < -0.3 is 15.2 Å². The van der Waals surface area contributed by atoms with Gasteiger partial charge in [0.15, 0.2) is 0 Å². The normalized spacial score (nSPS) is 9.81. The lowest BCUT2D eigenvalue weighted by atomic mass is 10.1. The van der Waals surface area contributed by atoms with Crippen LogP contribution < -0.4 is 10.6 Å². The van der Waals surface area contributed by atoms with Gasteiger partial charge in [-0.05, 0) is 48.5 Å². The second kappa shape index (κ2) is 8.54. The van der Waals surface area contributed by atoms with Crippen LogP contribution in [0.1, 0.15) is 26.3 Å². The zero-order valence-electron chi connectivity index (χ0n) is 14.9. The molecule has 0 aliphatic heterocycles. The van der Waals surface area contributed by atoms with Crippen molar-refractivity contribution in [3.63, 3.8) is 0 Å². The van der Waals surface area contributed by atoms with Crippen molar-refractivity contribution in [1.29, 1.82) is 0 Å². The Morgan fingerprint density at radius 3 is 2.33 bits per heavy atom. The Hall–Kier alpha value is -3.78. The SMILES string of the molecule is CNC(=O)c1ccccc1C#CCNC(=O)c1ccc(-n2cccc2)cc1. The molecule has 0 aliphatic rings. The third-order valence-corrected chi connectivity index (χ3v) is 3.99. The Labute approximate surface area is 158 Å². The predicted molar refractivity (Wildman–Crippen MR) is 105 cm³/mol. The number of hydrogen-bond acceptors (Lipinski definition) is 2. The summed E-state index contributed by atoms with van der Waals surface area (Å²) >= 11 is 0. The lowest BCUT2D eigenvalue weighted by molar-refractivity contribution is 0.0952. The molecule has 5 nitrogen and oxygen atoms in total. The van der Waals surface area contributed by atoms with Crippen LogP contribution in [0.15, 0.2) is 73.1 Å². The van der Waals surface area contributed by atoms with Crippen LogP contribution in [-0.4, -0.2) is 30.0 Å². The van der Waals surface area contributed by atoms with Crippen LogP contribution in [0.2, 0.25) is 0 Å². The quantitative estimate of drug-likeness (QED) is 0.705. The number of rotatable bonds is 4. The zero-order chi connectivity index (χ0) is 19.1. The van der Waals surface area contributed by atoms with Crippen LogP contribution in [-0.2, 0) is 0 Å². The molecule has 2 amide bonds. The van der Waals surface area contributed by atoms with Crippen molar-refractivity contribution < 1.29 is 9.59 Å². The van der Waals surface area contributed by atoms with Crippen LogP contribution in [0.25, 0.3) is 5.69 Å². The smallest absolute Gasteiger partial charge is 0.252 e. The molecule has 1 aromatic heterocycles. The largest absolute Gasteiger partial charge is 0.355 e. The molecule has 0 saturated heterocycles. The minimum absolute atomic E-state index is 0.188. The van der Waals surface area contributed by atoms with E-state index in [4.69, 9.17) is 0 Å². The average molecular weight is 357 g/mol. The van der Waals surface area contributed by atoms with E-state index in [0.29, 0.717) is 16.7 Å². The number of carbonyl (C=O) groups is 2. The Bertz CT molecular complexity index is 994. The molecule has 0 aliphatic carbocycles. The summed E-state index contributed by atoms with van der Waals surface area (Å²) in [7, 11) is 1.58. The Kier molecular flexibility index (Phi) is 5.70. The molecule has 0 bridgehead atoms. The molecule has 0 radical (unpaired) electrons. The lowest BCUT2D eigenvalue weighted by Gasteiger charge is -2.05. The van der Waals surface area contributed by atoms with Crippen LogP contribution in [0, 0.1) is 11.8 Å². The highest BCUT2D eigenvalue weighted by Gasteiger charge is 2.07. The number of hydrogen-bond donors (Lipinski definition) is 2. The number of nitrogens with one attached hydrogen (secondary N) is 2. The summed E-state index contributed by atoms with van der Waals surface area (Å²) in [4.78, 5) is 24.0. The van der Waals surface area contributed by atoms with E-state index >= 15 is 0 Å². The second-order valence-electron chi connectivity index (χ2n) is 5.75. The van der Waals surface area contributed by atoms with E-state index in [1.165, 1.54) is 0 Å². The molecular weight excluding hydrogens is 338 g/mol. The van der Waals surface area contributed by atoms with Gasteiger partial charge in [-0.25, -0.2) is 0 Å². The Morgan fingerprint density at radius 1 is 0.926 bits per heavy atom. The van der Waals surface area contributed by atoms with Gasteiger partial charge in [0, 0.05) is 36.3 Å². The molecule has 27 heavy (non-hydrogen) atoms. The van der Waals surface area contributed by atoms with E-state index in [2.05, 4.69) is 22.5 Å². The number of amides is 2. The standard InChI is InChI=1S/C22H19N3O2/c1-23-22(27)20-9-3-2-7-17(20)8-6-14-24-21(26)18-10-12-19(13-11-18)25-15-4-5-16-25/h2-5,7,9-13,15-16H,14H2,1H3,(H,23,27)(H,24,26). The maximum Gasteiger partial charge on any atom is 0.252 e. The maximum atomic E-state index is 12.2. The second-order valence-corrected chi connectivity index (χ2v) is 5.75. The van der Waals surface area contributed by atoms with Gasteiger partial charge >= 0.3 is 0 Å². The fourth-order valence-corrected chi connectivity index (χ4v) is 2.58. The van der Waals surface area contributed by atoms with Gasteiger partial charge in [-0.1, -0.05) is 24.0 Å². The molecule has 0 saturated carbocycles. The van der Waals surface area contributed by atoms with E-state index < -0.39 is 0 Å². The molecule has 0 spiro atoms. The van der Waals surface area contributed by atoms with Crippen LogP contribution >= 0.6 is 0 Å². The molecule has 2 N–H and O–H groups in total. The summed E-state index contributed by atoms with van der Waals surface area (Å²) in [5, 5.41) is 5.35. The first-order valence-corrected chi connectivity index (χ1v) is 8.50. The topological polar surface area (TPSA) is 63.1 Å². The van der Waals surface area contributed by atoms with E-state index in [0.717, 1.165) is 5.69 Å². The van der Waals surface area contributed by atoms with Crippen LogP contribution in [0.3, 0.4) is 0 Å². The minimum Gasteiger partial charge on any atom is -0.355 e. The minimum atomic E-state index is -0.192. The number of nitrogens with zero attached hydrogens (tertiary/aromatic N) is 1. The van der Waals surface area contributed by atoms with Gasteiger partial charge in [-0.3, -0.25) is 9.59 Å². The number of carbonyl (C=O) groups excluding carboxylic acids is 2. The van der Waals surface area contributed by atoms with Gasteiger partial charge in [0.25, 0.3) is 11.8 Å². The van der Waals surface area contributed by atoms with Crippen LogP contribution in [0.4, 0.5) is 0 Å². The summed E-state index contributed by atoms with van der Waals surface area (Å²) in [5.41, 5.74) is 2.70. The highest BCUT2D eigenvalue weighted by atomic mass is 16.2. The summed E-state index contributed by atoms with van der Waals surface area (Å²) in [6.45, 7) is 0.195. The van der Waals surface area contributed by atoms with E-state index in [-0.39, 0.29) is 18.4 Å². The first-order valence-electron chi connectivity index (χ1n) is 8.50. The van der Waals surface area contributed by atoms with Crippen molar-refractivity contribution in [2.24, 2.45) is 0 Å². The summed E-state index contributed by atoms with van der Waals surface area (Å²) in [6, 6.07) is 18.3. The van der Waals surface area contributed by atoms with Crippen molar-refractivity contribution >= 4 is 11.8 Å². The molecule has 0 unspecified atom stereocenters. The summed E-state index contributed by atoms with van der Waals surface area (Å²) < 4.78 is 1.97. The van der Waals surface area contributed by atoms with Crippen molar-refractivity contribution in [2.45, 2.75) is 0 Å². The van der Waals surface area contributed by atoms with Crippen molar-refractivity contribution in [3.05, 3.63) is 89.7 Å². The molecule has 3 aromatic rings. The molecular formula is C22H19N3O2. The van der Waals surface area contributed by atoms with Gasteiger partial charge in [0.05, 0.1) is 12.1 Å². The fourth-order valence-electron chi connectivity index (χ4n) is 2.58. The predicted octanol–water partition coefficient (Wildman–Crippen LogP) is 2.62. The molecule has 2 aromatic carbocycles. The van der Waals surface area contributed by atoms with Gasteiger partial charge in [-0.2, -0.15) is 0 Å². The van der Waals surface area contributed by atoms with Crippen molar-refractivity contribution in [2.75, 3.05) is 13.6 Å². The first-order chi connectivity index (χ1) is 13.2. The van der Waals surface area contributed by atoms with Gasteiger partial charge in [0.2, 0.25) is 0 Å². The molecule has 5 heteroatoms. The van der Waals surface area contributed by atoms with E-state index in [1.54, 1.807) is 37.4 Å². The van der Waals surface area contributed by atoms with Crippen LogP contribution in [0.5, 0.6) is 0 Å². The van der Waals surface area contributed by atoms with Gasteiger partial charge in [-0.15, -0.1) is 0 Å². The van der Waals surface area contributed by atoms with Crippen molar-refractivity contribution in [1.82, 2.24) is 15.2 Å². The zero-order valence-corrected chi connectivity index (χ0v) is 14.9. The molecule has 0 atom stereocenters. The van der Waals surface area contributed by atoms with Crippen molar-refractivity contribution in [3.8, 4) is 17.5 Å². The molecule has 3 rings (SSSR count). The monoisotopic (exact) mass is 357 g/mol. The maximum absolute atomic E-state index is 12.2. The number of benzene rings is 2. The average Bonchev–Trinajstić information content (AvgIpc) is 3.26. The molecule has 134 valence electrons. The fraction of sp³-hybridized carbons (Fsp3) is 0.0909.